The summed E-state index contributed by atoms with van der Waals surface area (Å²) in [6.45, 7) is 3.19. The van der Waals surface area contributed by atoms with Crippen LogP contribution in [0.5, 0.6) is 11.5 Å². The van der Waals surface area contributed by atoms with Crippen LogP contribution in [0.3, 0.4) is 0 Å². The summed E-state index contributed by atoms with van der Waals surface area (Å²) in [4.78, 5) is 15.8. The molecule has 0 radical (unpaired) electrons. The molecule has 0 unspecified atom stereocenters. The van der Waals surface area contributed by atoms with Crippen molar-refractivity contribution in [3.63, 3.8) is 0 Å². The normalized spacial score (nSPS) is 15.9. The largest absolute Gasteiger partial charge is 0.508 e. The van der Waals surface area contributed by atoms with E-state index in [9.17, 15) is 5.11 Å². The number of ether oxygens (including phenoxy) is 1. The molecular weight excluding hydrogens is 352 g/mol. The molecule has 2 aliphatic heterocycles. The topological polar surface area (TPSA) is 71.4 Å². The molecule has 0 spiro atoms. The molecular formula is C22H20N4O2. The SMILES string of the molecule is Oc1ccc2c(c1)C=C(CN1CCc3nc(-c4ccncc4)ncc3C1)CO2. The zero-order valence-electron chi connectivity index (χ0n) is 15.4. The van der Waals surface area contributed by atoms with E-state index in [0.717, 1.165) is 54.4 Å². The number of fused-ring (bicyclic) bond motifs is 2. The standard InChI is InChI=1S/C22H20N4O2/c27-19-1-2-21-17(10-19)9-15(14-28-21)12-26-8-5-20-18(13-26)11-24-22(25-20)16-3-6-23-7-4-16/h1-4,6-7,9-11,27H,5,8,12-14H2. The lowest BCUT2D eigenvalue weighted by molar-refractivity contribution is 0.255. The van der Waals surface area contributed by atoms with E-state index in [1.807, 2.05) is 24.4 Å². The van der Waals surface area contributed by atoms with Crippen LogP contribution in [0.4, 0.5) is 0 Å². The van der Waals surface area contributed by atoms with Crippen LogP contribution in [0.15, 0.2) is 54.5 Å². The third kappa shape index (κ3) is 3.34. The number of aromatic hydroxyl groups is 1. The first-order chi connectivity index (χ1) is 13.7. The number of pyridine rings is 1. The molecule has 6 heteroatoms. The zero-order chi connectivity index (χ0) is 18.9. The Hall–Kier alpha value is -3.25. The number of rotatable bonds is 3. The highest BCUT2D eigenvalue weighted by molar-refractivity contribution is 5.64. The summed E-state index contributed by atoms with van der Waals surface area (Å²) in [5.74, 6) is 1.84. The first-order valence-corrected chi connectivity index (χ1v) is 9.37. The fourth-order valence-electron chi connectivity index (χ4n) is 3.74. The minimum atomic E-state index is 0.258. The van der Waals surface area contributed by atoms with Crippen molar-refractivity contribution in [3.8, 4) is 22.9 Å². The average Bonchev–Trinajstić information content (AvgIpc) is 2.74. The van der Waals surface area contributed by atoms with Gasteiger partial charge in [-0.1, -0.05) is 0 Å². The molecule has 0 amide bonds. The molecule has 5 rings (SSSR count). The molecule has 3 aromatic rings. The highest BCUT2D eigenvalue weighted by Gasteiger charge is 2.21. The number of phenols is 1. The quantitative estimate of drug-likeness (QED) is 0.762. The lowest BCUT2D eigenvalue weighted by atomic mass is 10.0. The van der Waals surface area contributed by atoms with E-state index < -0.39 is 0 Å². The molecule has 0 bridgehead atoms. The number of hydrogen-bond donors (Lipinski definition) is 1. The molecule has 0 saturated carbocycles. The Labute approximate surface area is 163 Å². The number of nitrogens with zero attached hydrogens (tertiary/aromatic N) is 4. The van der Waals surface area contributed by atoms with Gasteiger partial charge in [-0.2, -0.15) is 0 Å². The van der Waals surface area contributed by atoms with Crippen molar-refractivity contribution in [2.45, 2.75) is 13.0 Å². The summed E-state index contributed by atoms with van der Waals surface area (Å²) in [7, 11) is 0. The van der Waals surface area contributed by atoms with Crippen molar-refractivity contribution in [2.75, 3.05) is 19.7 Å². The molecule has 4 heterocycles. The van der Waals surface area contributed by atoms with Crippen LogP contribution in [-0.2, 0) is 13.0 Å². The van der Waals surface area contributed by atoms with Crippen molar-refractivity contribution in [1.29, 1.82) is 0 Å². The van der Waals surface area contributed by atoms with Crippen LogP contribution in [0.25, 0.3) is 17.5 Å². The number of aromatic nitrogens is 3. The molecule has 1 aromatic carbocycles. The number of phenolic OH excluding ortho intramolecular Hbond substituents is 1. The first kappa shape index (κ1) is 16.9. The molecule has 6 nitrogen and oxygen atoms in total. The van der Waals surface area contributed by atoms with Crippen molar-refractivity contribution in [1.82, 2.24) is 19.9 Å². The van der Waals surface area contributed by atoms with Gasteiger partial charge in [0.25, 0.3) is 0 Å². The van der Waals surface area contributed by atoms with Crippen molar-refractivity contribution < 1.29 is 9.84 Å². The molecule has 1 N–H and O–H groups in total. The predicted octanol–water partition coefficient (Wildman–Crippen LogP) is 3.08. The van der Waals surface area contributed by atoms with Crippen LogP contribution in [0.1, 0.15) is 16.8 Å². The van der Waals surface area contributed by atoms with Crippen molar-refractivity contribution in [2.24, 2.45) is 0 Å². The Balaban J connectivity index is 1.31. The first-order valence-electron chi connectivity index (χ1n) is 9.37. The van der Waals surface area contributed by atoms with Gasteiger partial charge in [-0.05, 0) is 42.0 Å². The predicted molar refractivity (Wildman–Crippen MR) is 106 cm³/mol. The van der Waals surface area contributed by atoms with Gasteiger partial charge in [0.15, 0.2) is 5.82 Å². The van der Waals surface area contributed by atoms with E-state index in [1.54, 1.807) is 24.5 Å². The van der Waals surface area contributed by atoms with E-state index in [-0.39, 0.29) is 5.75 Å². The summed E-state index contributed by atoms with van der Waals surface area (Å²) < 4.78 is 5.83. The fourth-order valence-corrected chi connectivity index (χ4v) is 3.74. The van der Waals surface area contributed by atoms with E-state index in [4.69, 9.17) is 9.72 Å². The molecule has 28 heavy (non-hydrogen) atoms. The minimum Gasteiger partial charge on any atom is -0.508 e. The van der Waals surface area contributed by atoms with Gasteiger partial charge in [-0.3, -0.25) is 9.88 Å². The smallest absolute Gasteiger partial charge is 0.159 e. The minimum absolute atomic E-state index is 0.258. The van der Waals surface area contributed by atoms with E-state index >= 15 is 0 Å². The fraction of sp³-hybridized carbons (Fsp3) is 0.227. The molecule has 0 atom stereocenters. The Kier molecular flexibility index (Phi) is 4.25. The second-order valence-corrected chi connectivity index (χ2v) is 7.18. The van der Waals surface area contributed by atoms with Crippen LogP contribution in [0.2, 0.25) is 0 Å². The summed E-state index contributed by atoms with van der Waals surface area (Å²) in [6, 6.07) is 9.07. The van der Waals surface area contributed by atoms with Gasteiger partial charge in [0, 0.05) is 61.3 Å². The lowest BCUT2D eigenvalue weighted by Gasteiger charge is -2.30. The average molecular weight is 372 g/mol. The van der Waals surface area contributed by atoms with Crippen LogP contribution < -0.4 is 4.74 Å². The highest BCUT2D eigenvalue weighted by atomic mass is 16.5. The molecule has 0 fully saturated rings. The summed E-state index contributed by atoms with van der Waals surface area (Å²) in [5, 5.41) is 9.70. The molecule has 0 aliphatic carbocycles. The Morgan fingerprint density at radius 3 is 2.93 bits per heavy atom. The van der Waals surface area contributed by atoms with Gasteiger partial charge in [-0.15, -0.1) is 0 Å². The van der Waals surface area contributed by atoms with Crippen molar-refractivity contribution in [3.05, 3.63) is 71.3 Å². The van der Waals surface area contributed by atoms with E-state index in [0.29, 0.717) is 6.61 Å². The summed E-state index contributed by atoms with van der Waals surface area (Å²) in [6.07, 6.45) is 8.50. The van der Waals surface area contributed by atoms with Crippen LogP contribution in [-0.4, -0.2) is 44.7 Å². The van der Waals surface area contributed by atoms with Gasteiger partial charge in [-0.25, -0.2) is 9.97 Å². The maximum atomic E-state index is 9.70. The van der Waals surface area contributed by atoms with Gasteiger partial charge in [0.1, 0.15) is 18.1 Å². The maximum absolute atomic E-state index is 9.70. The lowest BCUT2D eigenvalue weighted by Crippen LogP contribution is -2.34. The highest BCUT2D eigenvalue weighted by Crippen LogP contribution is 2.30. The number of benzene rings is 1. The van der Waals surface area contributed by atoms with Gasteiger partial charge < -0.3 is 9.84 Å². The molecule has 2 aromatic heterocycles. The number of hydrogen-bond acceptors (Lipinski definition) is 6. The third-order valence-corrected chi connectivity index (χ3v) is 5.14. The molecule has 2 aliphatic rings. The maximum Gasteiger partial charge on any atom is 0.159 e. The van der Waals surface area contributed by atoms with E-state index in [1.165, 1.54) is 11.1 Å². The Morgan fingerprint density at radius 2 is 2.04 bits per heavy atom. The Morgan fingerprint density at radius 1 is 1.14 bits per heavy atom. The van der Waals surface area contributed by atoms with Crippen LogP contribution in [0, 0.1) is 0 Å². The monoisotopic (exact) mass is 372 g/mol. The summed E-state index contributed by atoms with van der Waals surface area (Å²) in [5.41, 5.74) is 5.44. The van der Waals surface area contributed by atoms with Gasteiger partial charge in [0.05, 0.1) is 5.69 Å². The molecule has 140 valence electrons. The second-order valence-electron chi connectivity index (χ2n) is 7.18. The van der Waals surface area contributed by atoms with Crippen LogP contribution >= 0.6 is 0 Å². The summed E-state index contributed by atoms with van der Waals surface area (Å²) >= 11 is 0. The molecule has 0 saturated heterocycles. The third-order valence-electron chi connectivity index (χ3n) is 5.14. The zero-order valence-corrected chi connectivity index (χ0v) is 15.4. The van der Waals surface area contributed by atoms with Gasteiger partial charge in [0.2, 0.25) is 0 Å². The van der Waals surface area contributed by atoms with E-state index in [2.05, 4.69) is 20.9 Å². The van der Waals surface area contributed by atoms with Crippen molar-refractivity contribution >= 4 is 6.08 Å². The second kappa shape index (κ2) is 7.05. The Bertz CT molecular complexity index is 1050. The van der Waals surface area contributed by atoms with Gasteiger partial charge >= 0.3 is 0 Å².